The minimum Gasteiger partial charge on any atom is -0.396 e. The maximum atomic E-state index is 9.63. The molecule has 100 valence electrons. The van der Waals surface area contributed by atoms with E-state index in [-0.39, 0.29) is 12.5 Å². The molecule has 2 rings (SSSR count). The fraction of sp³-hybridized carbons (Fsp3) is 0.200. The molecule has 1 N–H and O–H groups in total. The van der Waals surface area contributed by atoms with Crippen LogP contribution in [0.3, 0.4) is 0 Å². The van der Waals surface area contributed by atoms with Crippen LogP contribution in [0.1, 0.15) is 17.0 Å². The third kappa shape index (κ3) is 3.73. The van der Waals surface area contributed by atoms with Gasteiger partial charge in [-0.3, -0.25) is 0 Å². The van der Waals surface area contributed by atoms with E-state index in [2.05, 4.69) is 15.9 Å². The lowest BCUT2D eigenvalue weighted by Gasteiger charge is -2.17. The molecule has 0 bridgehead atoms. The van der Waals surface area contributed by atoms with Crippen LogP contribution in [-0.4, -0.2) is 11.7 Å². The summed E-state index contributed by atoms with van der Waals surface area (Å²) in [6.07, 6.45) is 0.651. The van der Waals surface area contributed by atoms with Gasteiger partial charge in [-0.1, -0.05) is 57.3 Å². The van der Waals surface area contributed by atoms with Gasteiger partial charge in [-0.25, -0.2) is 0 Å². The van der Waals surface area contributed by atoms with E-state index in [9.17, 15) is 5.11 Å². The van der Waals surface area contributed by atoms with Crippen LogP contribution < -0.4 is 0 Å². The van der Waals surface area contributed by atoms with Crippen molar-refractivity contribution in [2.45, 2.75) is 12.3 Å². The van der Waals surface area contributed by atoms with Crippen LogP contribution >= 0.6 is 39.1 Å². The topological polar surface area (TPSA) is 20.2 Å². The highest BCUT2D eigenvalue weighted by atomic mass is 79.9. The molecule has 0 radical (unpaired) electrons. The van der Waals surface area contributed by atoms with E-state index in [1.165, 1.54) is 0 Å². The molecule has 0 aliphatic rings. The van der Waals surface area contributed by atoms with Gasteiger partial charge >= 0.3 is 0 Å². The molecule has 0 heterocycles. The number of hydrogen-bond donors (Lipinski definition) is 1. The predicted octanol–water partition coefficient (Wildman–Crippen LogP) is 5.07. The van der Waals surface area contributed by atoms with Gasteiger partial charge in [0.15, 0.2) is 0 Å². The minimum atomic E-state index is -0.00783. The Kier molecular flexibility index (Phi) is 5.28. The lowest BCUT2D eigenvalue weighted by molar-refractivity contribution is 0.264. The van der Waals surface area contributed by atoms with Gasteiger partial charge in [-0.05, 0) is 41.8 Å². The molecule has 1 unspecified atom stereocenters. The smallest absolute Gasteiger partial charge is 0.0503 e. The third-order valence-electron chi connectivity index (χ3n) is 3.04. The van der Waals surface area contributed by atoms with Crippen LogP contribution in [0.25, 0.3) is 0 Å². The molecule has 0 saturated heterocycles. The van der Waals surface area contributed by atoms with Gasteiger partial charge in [-0.2, -0.15) is 0 Å². The Hall–Kier alpha value is -0.540. The van der Waals surface area contributed by atoms with Gasteiger partial charge < -0.3 is 5.11 Å². The molecule has 0 aliphatic heterocycles. The van der Waals surface area contributed by atoms with Crippen molar-refractivity contribution in [3.05, 3.63) is 68.1 Å². The number of aliphatic hydroxyl groups is 1. The molecular weight excluding hydrogens is 347 g/mol. The summed E-state index contributed by atoms with van der Waals surface area (Å²) in [6, 6.07) is 13.3. The van der Waals surface area contributed by atoms with Gasteiger partial charge in [-0.15, -0.1) is 0 Å². The van der Waals surface area contributed by atoms with Crippen LogP contribution in [0.4, 0.5) is 0 Å². The molecule has 4 heteroatoms. The Labute approximate surface area is 131 Å². The largest absolute Gasteiger partial charge is 0.396 e. The molecule has 0 spiro atoms. The first kappa shape index (κ1) is 14.9. The molecule has 1 nitrogen and oxygen atoms in total. The summed E-state index contributed by atoms with van der Waals surface area (Å²) in [5, 5.41) is 11.0. The highest BCUT2D eigenvalue weighted by molar-refractivity contribution is 9.10. The Morgan fingerprint density at radius 2 is 1.84 bits per heavy atom. The second-order valence-electron chi connectivity index (χ2n) is 4.34. The number of aliphatic hydroxyl groups excluding tert-OH is 1. The first-order valence-corrected chi connectivity index (χ1v) is 7.46. The Morgan fingerprint density at radius 3 is 2.53 bits per heavy atom. The second-order valence-corrected chi connectivity index (χ2v) is 6.04. The number of benzene rings is 2. The zero-order valence-electron chi connectivity index (χ0n) is 10.1. The summed E-state index contributed by atoms with van der Waals surface area (Å²) >= 11 is 15.7. The van der Waals surface area contributed by atoms with Crippen LogP contribution in [0.15, 0.2) is 46.9 Å². The van der Waals surface area contributed by atoms with E-state index in [1.54, 1.807) is 12.1 Å². The average molecular weight is 360 g/mol. The zero-order chi connectivity index (χ0) is 13.8. The molecular formula is C15H13BrCl2O. The molecule has 19 heavy (non-hydrogen) atoms. The van der Waals surface area contributed by atoms with Crippen molar-refractivity contribution in [2.75, 3.05) is 6.61 Å². The Balaban J connectivity index is 2.29. The molecule has 2 aromatic carbocycles. The zero-order valence-corrected chi connectivity index (χ0v) is 13.2. The Bertz CT molecular complexity index is 572. The van der Waals surface area contributed by atoms with Gasteiger partial charge in [0.05, 0.1) is 6.61 Å². The summed E-state index contributed by atoms with van der Waals surface area (Å²) in [5.74, 6) is -0.00783. The molecule has 0 aliphatic carbocycles. The number of halogens is 3. The Morgan fingerprint density at radius 1 is 1.11 bits per heavy atom. The van der Waals surface area contributed by atoms with E-state index < -0.39 is 0 Å². The summed E-state index contributed by atoms with van der Waals surface area (Å²) in [7, 11) is 0. The maximum Gasteiger partial charge on any atom is 0.0503 e. The third-order valence-corrected chi connectivity index (χ3v) is 4.37. The summed E-state index contributed by atoms with van der Waals surface area (Å²) in [6.45, 7) is 0.0610. The van der Waals surface area contributed by atoms with E-state index in [4.69, 9.17) is 23.2 Å². The van der Waals surface area contributed by atoms with E-state index in [0.29, 0.717) is 16.5 Å². The molecule has 2 aromatic rings. The molecule has 1 atom stereocenters. The highest BCUT2D eigenvalue weighted by Gasteiger charge is 2.15. The lowest BCUT2D eigenvalue weighted by atomic mass is 9.93. The first-order valence-electron chi connectivity index (χ1n) is 5.91. The van der Waals surface area contributed by atoms with Gasteiger partial charge in [0.25, 0.3) is 0 Å². The van der Waals surface area contributed by atoms with Gasteiger partial charge in [0.2, 0.25) is 0 Å². The van der Waals surface area contributed by atoms with Crippen molar-refractivity contribution in [3.8, 4) is 0 Å². The standard InChI is InChI=1S/C15H13BrCl2O/c16-14-4-2-1-3-13(14)11(9-19)7-10-8-12(17)5-6-15(10)18/h1-6,8,11,19H,7,9H2. The van der Waals surface area contributed by atoms with Crippen LogP contribution in [0, 0.1) is 0 Å². The number of hydrogen-bond acceptors (Lipinski definition) is 1. The monoisotopic (exact) mass is 358 g/mol. The quantitative estimate of drug-likeness (QED) is 0.807. The summed E-state index contributed by atoms with van der Waals surface area (Å²) < 4.78 is 0.993. The lowest BCUT2D eigenvalue weighted by Crippen LogP contribution is -2.09. The fourth-order valence-electron chi connectivity index (χ4n) is 2.04. The van der Waals surface area contributed by atoms with Crippen molar-refractivity contribution in [3.63, 3.8) is 0 Å². The maximum absolute atomic E-state index is 9.63. The van der Waals surface area contributed by atoms with Crippen molar-refractivity contribution in [1.82, 2.24) is 0 Å². The van der Waals surface area contributed by atoms with Crippen LogP contribution in [0.2, 0.25) is 10.0 Å². The van der Waals surface area contributed by atoms with Crippen molar-refractivity contribution < 1.29 is 5.11 Å². The first-order chi connectivity index (χ1) is 9.11. The SMILES string of the molecule is OCC(Cc1cc(Cl)ccc1Cl)c1ccccc1Br. The van der Waals surface area contributed by atoms with Crippen molar-refractivity contribution >= 4 is 39.1 Å². The second kappa shape index (κ2) is 6.76. The van der Waals surface area contributed by atoms with Crippen molar-refractivity contribution in [2.24, 2.45) is 0 Å². The molecule has 0 aromatic heterocycles. The normalized spacial score (nSPS) is 12.4. The van der Waals surface area contributed by atoms with Crippen molar-refractivity contribution in [1.29, 1.82) is 0 Å². The van der Waals surface area contributed by atoms with E-state index in [0.717, 1.165) is 15.6 Å². The van der Waals surface area contributed by atoms with Crippen LogP contribution in [0.5, 0.6) is 0 Å². The van der Waals surface area contributed by atoms with E-state index in [1.807, 2.05) is 30.3 Å². The predicted molar refractivity (Wildman–Crippen MR) is 84.1 cm³/mol. The van der Waals surface area contributed by atoms with Gasteiger partial charge in [0.1, 0.15) is 0 Å². The highest BCUT2D eigenvalue weighted by Crippen LogP contribution is 2.30. The average Bonchev–Trinajstić information content (AvgIpc) is 2.41. The summed E-state index contributed by atoms with van der Waals surface area (Å²) in [5.41, 5.74) is 2.02. The molecule has 0 fully saturated rings. The number of rotatable bonds is 4. The minimum absolute atomic E-state index is 0.00783. The molecule has 0 amide bonds. The molecule has 0 saturated carbocycles. The van der Waals surface area contributed by atoms with Gasteiger partial charge in [0, 0.05) is 20.4 Å². The summed E-state index contributed by atoms with van der Waals surface area (Å²) in [4.78, 5) is 0. The fourth-order valence-corrected chi connectivity index (χ4v) is 3.04. The van der Waals surface area contributed by atoms with Crippen LogP contribution in [-0.2, 0) is 6.42 Å². The van der Waals surface area contributed by atoms with E-state index >= 15 is 0 Å².